The molecule has 1 aromatic carbocycles. The van der Waals surface area contributed by atoms with E-state index in [-0.39, 0.29) is 17.8 Å². The molecule has 3 nitrogen and oxygen atoms in total. The van der Waals surface area contributed by atoms with E-state index < -0.39 is 0 Å². The van der Waals surface area contributed by atoms with E-state index in [1.165, 1.54) is 12.0 Å². The van der Waals surface area contributed by atoms with Crippen molar-refractivity contribution in [2.24, 2.45) is 11.3 Å². The lowest BCUT2D eigenvalue weighted by Gasteiger charge is -2.43. The molecule has 0 bridgehead atoms. The van der Waals surface area contributed by atoms with Gasteiger partial charge in [0.25, 0.3) is 0 Å². The molecule has 0 aromatic heterocycles. The van der Waals surface area contributed by atoms with Crippen molar-refractivity contribution in [3.8, 4) is 0 Å². The monoisotopic (exact) mass is 322 g/mol. The van der Waals surface area contributed by atoms with Crippen molar-refractivity contribution in [1.82, 2.24) is 10.2 Å². The Kier molecular flexibility index (Phi) is 5.87. The fraction of sp³-hybridized carbons (Fsp3) is 0.611. The third kappa shape index (κ3) is 3.47. The average molecular weight is 323 g/mol. The highest BCUT2D eigenvalue weighted by Crippen LogP contribution is 2.45. The fourth-order valence-electron chi connectivity index (χ4n) is 3.86. The van der Waals surface area contributed by atoms with Crippen molar-refractivity contribution in [3.05, 3.63) is 35.9 Å². The molecule has 0 radical (unpaired) electrons. The first-order valence-corrected chi connectivity index (χ1v) is 8.21. The first-order valence-electron chi connectivity index (χ1n) is 8.21. The largest absolute Gasteiger partial charge is 0.342 e. The van der Waals surface area contributed by atoms with Crippen molar-refractivity contribution in [3.63, 3.8) is 0 Å². The van der Waals surface area contributed by atoms with Gasteiger partial charge in [0.2, 0.25) is 5.91 Å². The van der Waals surface area contributed by atoms with Crippen LogP contribution in [0.1, 0.15) is 31.2 Å². The van der Waals surface area contributed by atoms with Crippen LogP contribution < -0.4 is 5.32 Å². The topological polar surface area (TPSA) is 32.3 Å². The van der Waals surface area contributed by atoms with Crippen molar-refractivity contribution in [2.75, 3.05) is 26.7 Å². The van der Waals surface area contributed by atoms with Crippen molar-refractivity contribution < 1.29 is 4.79 Å². The summed E-state index contributed by atoms with van der Waals surface area (Å²) in [6, 6.07) is 10.5. The summed E-state index contributed by atoms with van der Waals surface area (Å²) in [5.74, 6) is 1.05. The molecule has 122 valence electrons. The van der Waals surface area contributed by atoms with Gasteiger partial charge in [0.1, 0.15) is 0 Å². The number of rotatable bonds is 5. The van der Waals surface area contributed by atoms with E-state index in [1.54, 1.807) is 0 Å². The lowest BCUT2D eigenvalue weighted by molar-refractivity contribution is -0.146. The summed E-state index contributed by atoms with van der Waals surface area (Å²) in [5.41, 5.74) is 1.20. The minimum atomic E-state index is -0.101. The minimum Gasteiger partial charge on any atom is -0.342 e. The van der Waals surface area contributed by atoms with Gasteiger partial charge in [-0.1, -0.05) is 36.8 Å². The Morgan fingerprint density at radius 1 is 1.32 bits per heavy atom. The summed E-state index contributed by atoms with van der Waals surface area (Å²) >= 11 is 0. The molecule has 4 heteroatoms. The zero-order chi connectivity index (χ0) is 14.7. The van der Waals surface area contributed by atoms with Gasteiger partial charge in [0, 0.05) is 13.1 Å². The SMILES string of the molecule is CNCC1CCN(C(=O)C2(Cc3ccccc3)CCC2)C1.Cl. The van der Waals surface area contributed by atoms with Crippen LogP contribution in [0, 0.1) is 11.3 Å². The van der Waals surface area contributed by atoms with Crippen LogP contribution in [-0.4, -0.2) is 37.5 Å². The Hall–Kier alpha value is -1.06. The molecule has 2 aliphatic rings. The molecule has 1 heterocycles. The Balaban J connectivity index is 0.00000176. The summed E-state index contributed by atoms with van der Waals surface area (Å²) in [6.45, 7) is 2.91. The van der Waals surface area contributed by atoms with Gasteiger partial charge in [0.15, 0.2) is 0 Å². The number of halogens is 1. The standard InChI is InChI=1S/C18H26N2O.ClH/c1-19-13-16-8-11-20(14-16)17(21)18(9-5-10-18)12-15-6-3-2-4-7-15;/h2-4,6-7,16,19H,5,8-14H2,1H3;1H. The zero-order valence-electron chi connectivity index (χ0n) is 13.4. The highest BCUT2D eigenvalue weighted by Gasteiger charge is 2.47. The van der Waals surface area contributed by atoms with Crippen molar-refractivity contribution in [1.29, 1.82) is 0 Å². The van der Waals surface area contributed by atoms with Crippen LogP contribution in [0.4, 0.5) is 0 Å². The summed E-state index contributed by atoms with van der Waals surface area (Å²) in [5, 5.41) is 3.24. The predicted octanol–water partition coefficient (Wildman–Crippen LogP) is 2.89. The van der Waals surface area contributed by atoms with Crippen molar-refractivity contribution >= 4 is 18.3 Å². The van der Waals surface area contributed by atoms with E-state index in [2.05, 4.69) is 34.5 Å². The number of amides is 1. The maximum Gasteiger partial charge on any atom is 0.229 e. The van der Waals surface area contributed by atoms with E-state index in [4.69, 9.17) is 0 Å². The first-order chi connectivity index (χ1) is 10.2. The normalized spacial score (nSPS) is 22.8. The van der Waals surface area contributed by atoms with E-state index >= 15 is 0 Å². The van der Waals surface area contributed by atoms with Crippen LogP contribution in [-0.2, 0) is 11.2 Å². The number of carbonyl (C=O) groups excluding carboxylic acids is 1. The van der Waals surface area contributed by atoms with Crippen LogP contribution in [0.25, 0.3) is 0 Å². The quantitative estimate of drug-likeness (QED) is 0.904. The number of hydrogen-bond donors (Lipinski definition) is 1. The van der Waals surface area contributed by atoms with Gasteiger partial charge in [-0.2, -0.15) is 0 Å². The Bertz CT molecular complexity index is 487. The maximum atomic E-state index is 13.0. The molecule has 1 aliphatic heterocycles. The second kappa shape index (κ2) is 7.47. The van der Waals surface area contributed by atoms with Crippen molar-refractivity contribution in [2.45, 2.75) is 32.1 Å². The van der Waals surface area contributed by atoms with E-state index in [0.717, 1.165) is 45.3 Å². The van der Waals surface area contributed by atoms with Gasteiger partial charge in [-0.15, -0.1) is 12.4 Å². The molecular formula is C18H27ClN2O. The molecule has 1 saturated carbocycles. The lowest BCUT2D eigenvalue weighted by Crippen LogP contribution is -2.48. The second-order valence-electron chi connectivity index (χ2n) is 6.76. The number of benzene rings is 1. The van der Waals surface area contributed by atoms with Crippen LogP contribution in [0.2, 0.25) is 0 Å². The van der Waals surface area contributed by atoms with E-state index in [1.807, 2.05) is 13.1 Å². The molecule has 1 unspecified atom stereocenters. The Morgan fingerprint density at radius 2 is 2.05 bits per heavy atom. The molecule has 3 rings (SSSR count). The smallest absolute Gasteiger partial charge is 0.229 e. The summed E-state index contributed by atoms with van der Waals surface area (Å²) in [7, 11) is 1.99. The molecule has 22 heavy (non-hydrogen) atoms. The third-order valence-electron chi connectivity index (χ3n) is 5.22. The van der Waals surface area contributed by atoms with Gasteiger partial charge >= 0.3 is 0 Å². The lowest BCUT2D eigenvalue weighted by atomic mass is 9.64. The maximum absolute atomic E-state index is 13.0. The highest BCUT2D eigenvalue weighted by molar-refractivity contribution is 5.85. The molecule has 1 aliphatic carbocycles. The molecular weight excluding hydrogens is 296 g/mol. The van der Waals surface area contributed by atoms with Crippen LogP contribution >= 0.6 is 12.4 Å². The number of likely N-dealkylation sites (tertiary alicyclic amines) is 1. The number of nitrogens with zero attached hydrogens (tertiary/aromatic N) is 1. The van der Waals surface area contributed by atoms with Crippen LogP contribution in [0.5, 0.6) is 0 Å². The fourth-order valence-corrected chi connectivity index (χ4v) is 3.86. The van der Waals surface area contributed by atoms with Gasteiger partial charge in [0.05, 0.1) is 5.41 Å². The van der Waals surface area contributed by atoms with Gasteiger partial charge in [-0.3, -0.25) is 4.79 Å². The Labute approximate surface area is 139 Å². The Morgan fingerprint density at radius 3 is 2.64 bits per heavy atom. The minimum absolute atomic E-state index is 0. The first kappa shape index (κ1) is 17.3. The summed E-state index contributed by atoms with van der Waals surface area (Å²) in [6.07, 6.45) is 5.39. The second-order valence-corrected chi connectivity index (χ2v) is 6.76. The molecule has 1 N–H and O–H groups in total. The zero-order valence-corrected chi connectivity index (χ0v) is 14.2. The molecule has 1 amide bonds. The molecule has 0 spiro atoms. The summed E-state index contributed by atoms with van der Waals surface area (Å²) in [4.78, 5) is 15.1. The molecule has 1 atom stereocenters. The number of nitrogens with one attached hydrogen (secondary N) is 1. The third-order valence-corrected chi connectivity index (χ3v) is 5.22. The predicted molar refractivity (Wildman–Crippen MR) is 92.3 cm³/mol. The number of carbonyl (C=O) groups is 1. The molecule has 1 aromatic rings. The van der Waals surface area contributed by atoms with Crippen LogP contribution in [0.15, 0.2) is 30.3 Å². The molecule has 2 fully saturated rings. The van der Waals surface area contributed by atoms with Gasteiger partial charge in [-0.05, 0) is 50.8 Å². The molecule has 1 saturated heterocycles. The summed E-state index contributed by atoms with van der Waals surface area (Å²) < 4.78 is 0. The van der Waals surface area contributed by atoms with Gasteiger partial charge < -0.3 is 10.2 Å². The number of hydrogen-bond acceptors (Lipinski definition) is 2. The average Bonchev–Trinajstić information content (AvgIpc) is 2.92. The van der Waals surface area contributed by atoms with E-state index in [0.29, 0.717) is 11.8 Å². The highest BCUT2D eigenvalue weighted by atomic mass is 35.5. The van der Waals surface area contributed by atoms with Crippen LogP contribution in [0.3, 0.4) is 0 Å². The van der Waals surface area contributed by atoms with E-state index in [9.17, 15) is 4.79 Å². The van der Waals surface area contributed by atoms with Gasteiger partial charge in [-0.25, -0.2) is 0 Å².